The van der Waals surface area contributed by atoms with Gasteiger partial charge in [-0.25, -0.2) is 0 Å². The minimum atomic E-state index is -0.0191. The number of halogens is 1. The number of aliphatic hydroxyl groups is 1. The average Bonchev–Trinajstić information content (AvgIpc) is 3.41. The largest absolute Gasteiger partial charge is 0.493 e. The molecule has 0 bridgehead atoms. The standard InChI is InChI=1S/C22H35N3O4.HI/c1-23-21(25-15-22(9-11-26)10-12-28-16-22)24-14-17-7-8-19(27-2)20(13-17)29-18-5-3-4-6-18;/h7-8,13,18,26H,3-6,9-12,14-16H2,1-2H3,(H2,23,24,25);1H. The molecule has 0 amide bonds. The summed E-state index contributed by atoms with van der Waals surface area (Å²) in [7, 11) is 3.44. The Bertz CT molecular complexity index is 674. The summed E-state index contributed by atoms with van der Waals surface area (Å²) < 4.78 is 17.2. The van der Waals surface area contributed by atoms with Crippen LogP contribution in [0, 0.1) is 5.41 Å². The van der Waals surface area contributed by atoms with Crippen molar-refractivity contribution in [3.8, 4) is 11.5 Å². The van der Waals surface area contributed by atoms with E-state index in [2.05, 4.69) is 21.7 Å². The summed E-state index contributed by atoms with van der Waals surface area (Å²) in [6.45, 7) is 2.97. The van der Waals surface area contributed by atoms with Crippen LogP contribution >= 0.6 is 24.0 Å². The van der Waals surface area contributed by atoms with E-state index >= 15 is 0 Å². The van der Waals surface area contributed by atoms with Gasteiger partial charge in [0.1, 0.15) is 0 Å². The number of nitrogens with zero attached hydrogens (tertiary/aromatic N) is 1. The van der Waals surface area contributed by atoms with E-state index in [0.29, 0.717) is 13.2 Å². The second kappa shape index (κ2) is 12.6. The molecule has 1 saturated heterocycles. The molecule has 8 heteroatoms. The lowest BCUT2D eigenvalue weighted by Gasteiger charge is -2.27. The van der Waals surface area contributed by atoms with Gasteiger partial charge in [0.2, 0.25) is 0 Å². The Morgan fingerprint density at radius 1 is 1.27 bits per heavy atom. The Kier molecular flexibility index (Phi) is 10.5. The van der Waals surface area contributed by atoms with E-state index in [9.17, 15) is 5.11 Å². The molecule has 7 nitrogen and oxygen atoms in total. The normalized spacial score (nSPS) is 21.9. The van der Waals surface area contributed by atoms with E-state index < -0.39 is 0 Å². The smallest absolute Gasteiger partial charge is 0.191 e. The molecule has 3 N–H and O–H groups in total. The summed E-state index contributed by atoms with van der Waals surface area (Å²) in [4.78, 5) is 4.33. The summed E-state index contributed by atoms with van der Waals surface area (Å²) in [6, 6.07) is 6.05. The van der Waals surface area contributed by atoms with Gasteiger partial charge in [0.25, 0.3) is 0 Å². The number of aliphatic imine (C=N–C) groups is 1. The van der Waals surface area contributed by atoms with Crippen LogP contribution in [-0.4, -0.2) is 57.7 Å². The maximum Gasteiger partial charge on any atom is 0.191 e. The topological polar surface area (TPSA) is 84.3 Å². The van der Waals surface area contributed by atoms with Crippen LogP contribution < -0.4 is 20.1 Å². The van der Waals surface area contributed by atoms with Gasteiger partial charge in [-0.2, -0.15) is 0 Å². The maximum atomic E-state index is 9.39. The fourth-order valence-electron chi connectivity index (χ4n) is 4.10. The quantitative estimate of drug-likeness (QED) is 0.257. The third kappa shape index (κ3) is 6.88. The fourth-order valence-corrected chi connectivity index (χ4v) is 4.10. The average molecular weight is 533 g/mol. The molecule has 1 aromatic carbocycles. The Morgan fingerprint density at radius 2 is 2.07 bits per heavy atom. The van der Waals surface area contributed by atoms with Crippen LogP contribution in [0.1, 0.15) is 44.1 Å². The van der Waals surface area contributed by atoms with Crippen molar-refractivity contribution in [2.24, 2.45) is 10.4 Å². The van der Waals surface area contributed by atoms with Crippen molar-refractivity contribution in [2.75, 3.05) is 40.5 Å². The monoisotopic (exact) mass is 533 g/mol. The lowest BCUT2D eigenvalue weighted by Crippen LogP contribution is -2.44. The number of nitrogens with one attached hydrogen (secondary N) is 2. The fraction of sp³-hybridized carbons (Fsp3) is 0.682. The summed E-state index contributed by atoms with van der Waals surface area (Å²) >= 11 is 0. The van der Waals surface area contributed by atoms with Crippen LogP contribution in [0.2, 0.25) is 0 Å². The highest BCUT2D eigenvalue weighted by Gasteiger charge is 2.34. The molecule has 3 rings (SSSR count). The molecular formula is C22H36IN3O4. The third-order valence-corrected chi connectivity index (χ3v) is 5.97. The molecule has 1 saturated carbocycles. The predicted octanol–water partition coefficient (Wildman–Crippen LogP) is 3.09. The second-order valence-corrected chi connectivity index (χ2v) is 8.07. The first-order valence-electron chi connectivity index (χ1n) is 10.6. The first kappa shape index (κ1) is 25.0. The van der Waals surface area contributed by atoms with Gasteiger partial charge in [-0.15, -0.1) is 24.0 Å². The molecule has 1 aliphatic carbocycles. The summed E-state index contributed by atoms with van der Waals surface area (Å²) in [5.74, 6) is 2.32. The van der Waals surface area contributed by atoms with Gasteiger partial charge in [0, 0.05) is 38.8 Å². The molecule has 2 fully saturated rings. The van der Waals surface area contributed by atoms with E-state index in [1.807, 2.05) is 12.1 Å². The highest BCUT2D eigenvalue weighted by Crippen LogP contribution is 2.33. The molecule has 1 atom stereocenters. The van der Waals surface area contributed by atoms with Crippen LogP contribution in [0.25, 0.3) is 0 Å². The van der Waals surface area contributed by atoms with Crippen molar-refractivity contribution in [3.63, 3.8) is 0 Å². The van der Waals surface area contributed by atoms with E-state index in [-0.39, 0.29) is 42.1 Å². The third-order valence-electron chi connectivity index (χ3n) is 5.97. The Balaban J connectivity index is 0.00000320. The highest BCUT2D eigenvalue weighted by molar-refractivity contribution is 14.0. The van der Waals surface area contributed by atoms with Crippen LogP contribution in [0.3, 0.4) is 0 Å². The molecule has 1 aromatic rings. The summed E-state index contributed by atoms with van der Waals surface area (Å²) in [6.07, 6.45) is 6.67. The molecule has 170 valence electrons. The molecule has 0 spiro atoms. The first-order valence-corrected chi connectivity index (χ1v) is 10.6. The van der Waals surface area contributed by atoms with Gasteiger partial charge < -0.3 is 30.0 Å². The van der Waals surface area contributed by atoms with Gasteiger partial charge in [0.15, 0.2) is 17.5 Å². The van der Waals surface area contributed by atoms with Crippen molar-refractivity contribution in [1.82, 2.24) is 10.6 Å². The number of methoxy groups -OCH3 is 1. The molecule has 0 radical (unpaired) electrons. The molecule has 1 aliphatic heterocycles. The molecule has 2 aliphatic rings. The van der Waals surface area contributed by atoms with Gasteiger partial charge >= 0.3 is 0 Å². The number of rotatable bonds is 9. The van der Waals surface area contributed by atoms with Crippen LogP contribution in [0.5, 0.6) is 11.5 Å². The van der Waals surface area contributed by atoms with E-state index in [1.165, 1.54) is 12.8 Å². The number of benzene rings is 1. The molecule has 1 unspecified atom stereocenters. The first-order chi connectivity index (χ1) is 14.2. The zero-order valence-electron chi connectivity index (χ0n) is 18.1. The van der Waals surface area contributed by atoms with Crippen molar-refractivity contribution in [3.05, 3.63) is 23.8 Å². The highest BCUT2D eigenvalue weighted by atomic mass is 127. The van der Waals surface area contributed by atoms with Crippen LogP contribution in [-0.2, 0) is 11.3 Å². The zero-order valence-corrected chi connectivity index (χ0v) is 20.4. The zero-order chi connectivity index (χ0) is 20.5. The van der Waals surface area contributed by atoms with E-state index in [4.69, 9.17) is 14.2 Å². The van der Waals surface area contributed by atoms with Crippen molar-refractivity contribution >= 4 is 29.9 Å². The molecule has 1 heterocycles. The van der Waals surface area contributed by atoms with Gasteiger partial charge in [-0.3, -0.25) is 4.99 Å². The number of guanidine groups is 1. The Labute approximate surface area is 197 Å². The van der Waals surface area contributed by atoms with Gasteiger partial charge in [-0.1, -0.05) is 6.07 Å². The lowest BCUT2D eigenvalue weighted by atomic mass is 9.84. The van der Waals surface area contributed by atoms with Crippen molar-refractivity contribution in [1.29, 1.82) is 0 Å². The van der Waals surface area contributed by atoms with Crippen molar-refractivity contribution in [2.45, 2.75) is 51.2 Å². The predicted molar refractivity (Wildman–Crippen MR) is 129 cm³/mol. The summed E-state index contributed by atoms with van der Waals surface area (Å²) in [5.41, 5.74) is 1.09. The SMILES string of the molecule is CN=C(NCc1ccc(OC)c(OC2CCCC2)c1)NCC1(CCO)CCOC1.I. The van der Waals surface area contributed by atoms with E-state index in [1.54, 1.807) is 14.2 Å². The number of aliphatic hydroxyl groups excluding tert-OH is 1. The summed E-state index contributed by atoms with van der Waals surface area (Å²) in [5, 5.41) is 16.1. The Hall–Kier alpha value is -1.26. The van der Waals surface area contributed by atoms with Gasteiger partial charge in [-0.05, 0) is 56.2 Å². The van der Waals surface area contributed by atoms with Gasteiger partial charge in [0.05, 0.1) is 19.8 Å². The van der Waals surface area contributed by atoms with Crippen molar-refractivity contribution < 1.29 is 19.3 Å². The number of hydrogen-bond donors (Lipinski definition) is 3. The molecular weight excluding hydrogens is 497 g/mol. The lowest BCUT2D eigenvalue weighted by molar-refractivity contribution is 0.127. The Morgan fingerprint density at radius 3 is 2.70 bits per heavy atom. The molecule has 0 aromatic heterocycles. The number of hydrogen-bond acceptors (Lipinski definition) is 5. The second-order valence-electron chi connectivity index (χ2n) is 8.07. The van der Waals surface area contributed by atoms with Crippen LogP contribution in [0.4, 0.5) is 0 Å². The van der Waals surface area contributed by atoms with E-state index in [0.717, 1.165) is 61.9 Å². The minimum Gasteiger partial charge on any atom is -0.493 e. The maximum absolute atomic E-state index is 9.39. The molecule has 30 heavy (non-hydrogen) atoms. The minimum absolute atomic E-state index is 0. The number of ether oxygens (including phenoxy) is 3. The van der Waals surface area contributed by atoms with Crippen LogP contribution in [0.15, 0.2) is 23.2 Å².